The minimum absolute atomic E-state index is 0.0643. The van der Waals surface area contributed by atoms with E-state index in [0.717, 1.165) is 59.0 Å². The Morgan fingerprint density at radius 1 is 1.06 bits per heavy atom. The van der Waals surface area contributed by atoms with E-state index in [1.54, 1.807) is 0 Å². The Morgan fingerprint density at radius 3 is 2.58 bits per heavy atom. The summed E-state index contributed by atoms with van der Waals surface area (Å²) in [6.45, 7) is 2.41. The van der Waals surface area contributed by atoms with Gasteiger partial charge in [-0.1, -0.05) is 42.5 Å². The second-order valence-corrected chi connectivity index (χ2v) is 8.84. The topological polar surface area (TPSA) is 80.0 Å². The van der Waals surface area contributed by atoms with Crippen LogP contribution in [-0.2, 0) is 6.54 Å². The summed E-state index contributed by atoms with van der Waals surface area (Å²) in [7, 11) is 0. The number of carbonyl (C=O) groups is 1. The van der Waals surface area contributed by atoms with E-state index in [2.05, 4.69) is 27.1 Å². The number of benzene rings is 2. The van der Waals surface area contributed by atoms with Crippen molar-refractivity contribution in [3.05, 3.63) is 83.7 Å². The molecular weight excluding hydrogens is 412 g/mol. The van der Waals surface area contributed by atoms with E-state index in [-0.39, 0.29) is 12.0 Å². The lowest BCUT2D eigenvalue weighted by molar-refractivity contribution is 0.0950. The Kier molecular flexibility index (Phi) is 5.92. The number of pyridine rings is 1. The Balaban J connectivity index is 1.35. The second kappa shape index (κ2) is 9.16. The lowest BCUT2D eigenvalue weighted by Crippen LogP contribution is -2.23. The normalized spacial score (nSPS) is 18.4. The number of hydrogen-bond donors (Lipinski definition) is 2. The van der Waals surface area contributed by atoms with E-state index in [0.29, 0.717) is 18.2 Å². The zero-order valence-electron chi connectivity index (χ0n) is 18.7. The Morgan fingerprint density at radius 2 is 1.82 bits per heavy atom. The zero-order valence-corrected chi connectivity index (χ0v) is 18.7. The zero-order chi connectivity index (χ0) is 22.8. The highest BCUT2D eigenvalue weighted by atomic mass is 16.3. The molecule has 2 aromatic carbocycles. The van der Waals surface area contributed by atoms with Gasteiger partial charge >= 0.3 is 0 Å². The largest absolute Gasteiger partial charge is 0.393 e. The molecule has 2 aromatic heterocycles. The summed E-state index contributed by atoms with van der Waals surface area (Å²) in [5.74, 6) is -0.0643. The number of amides is 1. The van der Waals surface area contributed by atoms with Crippen LogP contribution in [-0.4, -0.2) is 31.9 Å². The van der Waals surface area contributed by atoms with E-state index < -0.39 is 0 Å². The summed E-state index contributed by atoms with van der Waals surface area (Å²) in [6.07, 6.45) is 6.98. The standard InChI is InChI=1S/C27H28N4O2/c1-18-4-2-3-5-23(18)27(33)29-16-19-6-8-20(9-7-19)26-24-17-28-15-14-25(24)31(30-26)21-10-12-22(32)13-11-21/h2-9,14-15,17,21-22,32H,10-13,16H2,1H3,(H,29,33). The lowest BCUT2D eigenvalue weighted by atomic mass is 9.93. The minimum atomic E-state index is -0.192. The average Bonchev–Trinajstić information content (AvgIpc) is 3.23. The van der Waals surface area contributed by atoms with E-state index in [9.17, 15) is 9.90 Å². The van der Waals surface area contributed by atoms with Gasteiger partial charge in [0.15, 0.2) is 0 Å². The molecule has 1 fully saturated rings. The van der Waals surface area contributed by atoms with Crippen molar-refractivity contribution in [2.24, 2.45) is 0 Å². The molecule has 2 heterocycles. The fourth-order valence-corrected chi connectivity index (χ4v) is 4.66. The highest BCUT2D eigenvalue weighted by molar-refractivity contribution is 5.95. The van der Waals surface area contributed by atoms with Gasteiger partial charge in [0.1, 0.15) is 5.69 Å². The molecule has 0 bridgehead atoms. The summed E-state index contributed by atoms with van der Waals surface area (Å²) in [6, 6.07) is 18.1. The fraction of sp³-hybridized carbons (Fsp3) is 0.296. The summed E-state index contributed by atoms with van der Waals surface area (Å²) >= 11 is 0. The molecule has 6 nitrogen and oxygen atoms in total. The molecule has 1 saturated carbocycles. The monoisotopic (exact) mass is 440 g/mol. The van der Waals surface area contributed by atoms with Crippen molar-refractivity contribution in [2.75, 3.05) is 0 Å². The van der Waals surface area contributed by atoms with Gasteiger partial charge in [0, 0.05) is 35.5 Å². The number of carbonyl (C=O) groups excluding carboxylic acids is 1. The van der Waals surface area contributed by atoms with Gasteiger partial charge in [0.2, 0.25) is 0 Å². The van der Waals surface area contributed by atoms with Crippen molar-refractivity contribution >= 4 is 16.8 Å². The van der Waals surface area contributed by atoms with Crippen LogP contribution in [0.2, 0.25) is 0 Å². The van der Waals surface area contributed by atoms with Crippen molar-refractivity contribution in [3.63, 3.8) is 0 Å². The van der Waals surface area contributed by atoms with E-state index >= 15 is 0 Å². The number of aliphatic hydroxyl groups excluding tert-OH is 1. The number of nitrogens with zero attached hydrogens (tertiary/aromatic N) is 3. The molecule has 0 spiro atoms. The summed E-state index contributed by atoms with van der Waals surface area (Å²) in [4.78, 5) is 16.8. The summed E-state index contributed by atoms with van der Waals surface area (Å²) < 4.78 is 2.12. The number of nitrogens with one attached hydrogen (secondary N) is 1. The smallest absolute Gasteiger partial charge is 0.251 e. The lowest BCUT2D eigenvalue weighted by Gasteiger charge is -2.26. The molecule has 168 valence electrons. The first kappa shape index (κ1) is 21.3. The maximum Gasteiger partial charge on any atom is 0.251 e. The molecule has 2 N–H and O–H groups in total. The summed E-state index contributed by atoms with van der Waals surface area (Å²) in [5.41, 5.74) is 5.72. The Bertz CT molecular complexity index is 1270. The van der Waals surface area contributed by atoms with Gasteiger partial charge in [-0.25, -0.2) is 0 Å². The molecule has 0 radical (unpaired) electrons. The molecule has 0 atom stereocenters. The first-order valence-electron chi connectivity index (χ1n) is 11.5. The van der Waals surface area contributed by atoms with Crippen molar-refractivity contribution in [1.29, 1.82) is 0 Å². The number of rotatable bonds is 5. The fourth-order valence-electron chi connectivity index (χ4n) is 4.66. The third-order valence-electron chi connectivity index (χ3n) is 6.59. The van der Waals surface area contributed by atoms with Crippen LogP contribution in [0.25, 0.3) is 22.2 Å². The van der Waals surface area contributed by atoms with Crippen LogP contribution in [0.4, 0.5) is 0 Å². The first-order chi connectivity index (χ1) is 16.1. The Labute approximate surface area is 193 Å². The quantitative estimate of drug-likeness (QED) is 0.467. The molecule has 33 heavy (non-hydrogen) atoms. The SMILES string of the molecule is Cc1ccccc1C(=O)NCc1ccc(-c2nn(C3CCC(O)CC3)c3ccncc23)cc1. The molecule has 6 heteroatoms. The van der Waals surface area contributed by atoms with Gasteiger partial charge in [-0.05, 0) is 55.9 Å². The van der Waals surface area contributed by atoms with Crippen molar-refractivity contribution in [2.45, 2.75) is 51.3 Å². The van der Waals surface area contributed by atoms with Gasteiger partial charge in [0.25, 0.3) is 5.91 Å². The molecular formula is C27H28N4O2. The van der Waals surface area contributed by atoms with E-state index in [4.69, 9.17) is 5.10 Å². The van der Waals surface area contributed by atoms with Crippen LogP contribution >= 0.6 is 0 Å². The molecule has 0 aliphatic heterocycles. The van der Waals surface area contributed by atoms with Crippen LogP contribution < -0.4 is 5.32 Å². The highest BCUT2D eigenvalue weighted by Gasteiger charge is 2.24. The van der Waals surface area contributed by atoms with Crippen LogP contribution in [0.1, 0.15) is 53.2 Å². The number of aromatic nitrogens is 3. The van der Waals surface area contributed by atoms with Gasteiger partial charge < -0.3 is 10.4 Å². The predicted octanol–water partition coefficient (Wildman–Crippen LogP) is 4.81. The number of hydrogen-bond acceptors (Lipinski definition) is 4. The molecule has 5 rings (SSSR count). The third kappa shape index (κ3) is 4.39. The van der Waals surface area contributed by atoms with Crippen LogP contribution in [0.5, 0.6) is 0 Å². The first-order valence-corrected chi connectivity index (χ1v) is 11.5. The van der Waals surface area contributed by atoms with Gasteiger partial charge in [-0.2, -0.15) is 5.10 Å². The van der Waals surface area contributed by atoms with E-state index in [1.807, 2.05) is 61.8 Å². The number of aryl methyl sites for hydroxylation is 1. The van der Waals surface area contributed by atoms with Crippen LogP contribution in [0, 0.1) is 6.92 Å². The minimum Gasteiger partial charge on any atom is -0.393 e. The van der Waals surface area contributed by atoms with Gasteiger partial charge in [-0.3, -0.25) is 14.5 Å². The molecule has 4 aromatic rings. The number of fused-ring (bicyclic) bond motifs is 1. The molecule has 1 aliphatic carbocycles. The van der Waals surface area contributed by atoms with Crippen molar-refractivity contribution < 1.29 is 9.90 Å². The van der Waals surface area contributed by atoms with Crippen molar-refractivity contribution in [3.8, 4) is 11.3 Å². The third-order valence-corrected chi connectivity index (χ3v) is 6.59. The molecule has 0 unspecified atom stereocenters. The molecule has 0 saturated heterocycles. The predicted molar refractivity (Wildman–Crippen MR) is 129 cm³/mol. The van der Waals surface area contributed by atoms with E-state index in [1.165, 1.54) is 0 Å². The van der Waals surface area contributed by atoms with Crippen LogP contribution in [0.15, 0.2) is 67.0 Å². The summed E-state index contributed by atoms with van der Waals surface area (Å²) in [5, 5.41) is 18.9. The van der Waals surface area contributed by atoms with Gasteiger partial charge in [0.05, 0.1) is 17.7 Å². The molecule has 1 aliphatic rings. The van der Waals surface area contributed by atoms with Crippen LogP contribution in [0.3, 0.4) is 0 Å². The van der Waals surface area contributed by atoms with Crippen molar-refractivity contribution in [1.82, 2.24) is 20.1 Å². The number of aliphatic hydroxyl groups is 1. The second-order valence-electron chi connectivity index (χ2n) is 8.84. The maximum absolute atomic E-state index is 12.5. The Hall–Kier alpha value is -3.51. The average molecular weight is 441 g/mol. The molecule has 1 amide bonds. The highest BCUT2D eigenvalue weighted by Crippen LogP contribution is 2.34. The maximum atomic E-state index is 12.5. The van der Waals surface area contributed by atoms with Gasteiger partial charge in [-0.15, -0.1) is 0 Å².